The molecule has 1 aliphatic rings. The summed E-state index contributed by atoms with van der Waals surface area (Å²) in [6.07, 6.45) is 9.65. The zero-order valence-corrected chi connectivity index (χ0v) is 23.3. The second-order valence-electron chi connectivity index (χ2n) is 8.64. The topological polar surface area (TPSA) is 67.8 Å². The summed E-state index contributed by atoms with van der Waals surface area (Å²) in [4.78, 5) is 8.26. The van der Waals surface area contributed by atoms with E-state index < -0.39 is 14.8 Å². The average molecular weight is 629 g/mol. The predicted molar refractivity (Wildman–Crippen MR) is 152 cm³/mol. The summed E-state index contributed by atoms with van der Waals surface area (Å²) >= 11 is 8.65. The molecule has 1 unspecified atom stereocenters. The van der Waals surface area contributed by atoms with Crippen molar-refractivity contribution in [2.45, 2.75) is 18.1 Å². The lowest BCUT2D eigenvalue weighted by Gasteiger charge is -2.30. The van der Waals surface area contributed by atoms with E-state index in [1.807, 2.05) is 60.1 Å². The number of rotatable bonds is 4. The zero-order valence-electron chi connectivity index (χ0n) is 18.5. The molecule has 3 aromatic heterocycles. The van der Waals surface area contributed by atoms with Crippen LogP contribution < -0.4 is 0 Å². The van der Waals surface area contributed by atoms with Crippen molar-refractivity contribution in [3.05, 3.63) is 87.4 Å². The predicted octanol–water partition coefficient (Wildman–Crippen LogP) is 7.85. The number of hydrogen-bond donors (Lipinski definition) is 1. The van der Waals surface area contributed by atoms with Crippen molar-refractivity contribution in [2.75, 3.05) is 0 Å². The normalized spacial score (nSPS) is 18.4. The standard InChI is InChI=1S/C26H19Br2N3O2S2/c1-26(12-5-4-11-23(26)28)35(32,33)31-14-19(16-7-2-3-10-22(16)31)21-15-34-25(30-21)18-13-29-24-17(18)8-6-9-20(24)27/h2-11,13-15,29H,12H2,1H3. The Hall–Kier alpha value is -2.46. The van der Waals surface area contributed by atoms with Gasteiger partial charge in [0.05, 0.1) is 16.7 Å². The van der Waals surface area contributed by atoms with Crippen LogP contribution in [0.15, 0.2) is 87.4 Å². The fourth-order valence-electron chi connectivity index (χ4n) is 4.53. The maximum atomic E-state index is 14.0. The number of para-hydroxylation sites is 2. The van der Waals surface area contributed by atoms with Crippen molar-refractivity contribution in [3.63, 3.8) is 0 Å². The highest BCUT2D eigenvalue weighted by atomic mass is 79.9. The summed E-state index contributed by atoms with van der Waals surface area (Å²) in [5.74, 6) is 0. The lowest BCUT2D eigenvalue weighted by Crippen LogP contribution is -2.40. The van der Waals surface area contributed by atoms with Crippen molar-refractivity contribution in [1.29, 1.82) is 0 Å². The summed E-state index contributed by atoms with van der Waals surface area (Å²) in [7, 11) is -3.78. The second kappa shape index (κ2) is 8.30. The Balaban J connectivity index is 1.50. The molecule has 0 aliphatic heterocycles. The lowest BCUT2D eigenvalue weighted by atomic mass is 10.0. The Morgan fingerprint density at radius 1 is 1.09 bits per heavy atom. The minimum Gasteiger partial charge on any atom is -0.360 e. The van der Waals surface area contributed by atoms with Crippen LogP contribution in [0.2, 0.25) is 0 Å². The van der Waals surface area contributed by atoms with E-state index in [9.17, 15) is 8.42 Å². The van der Waals surface area contributed by atoms with E-state index in [0.717, 1.165) is 42.6 Å². The number of halogens is 2. The fraction of sp³-hybridized carbons (Fsp3) is 0.115. The smallest absolute Gasteiger partial charge is 0.249 e. The van der Waals surface area contributed by atoms with Gasteiger partial charge in [-0.1, -0.05) is 64.5 Å². The lowest BCUT2D eigenvalue weighted by molar-refractivity contribution is 0.553. The van der Waals surface area contributed by atoms with Gasteiger partial charge in [0.15, 0.2) is 0 Å². The summed E-state index contributed by atoms with van der Waals surface area (Å²) in [5, 5.41) is 4.80. The molecule has 0 amide bonds. The summed E-state index contributed by atoms with van der Waals surface area (Å²) in [5.41, 5.74) is 4.23. The number of aromatic nitrogens is 3. The van der Waals surface area contributed by atoms with Gasteiger partial charge in [-0.3, -0.25) is 0 Å². The minimum absolute atomic E-state index is 0.394. The van der Waals surface area contributed by atoms with E-state index in [0.29, 0.717) is 16.4 Å². The van der Waals surface area contributed by atoms with Gasteiger partial charge in [0.1, 0.15) is 9.75 Å². The SMILES string of the molecule is CC1(S(=O)(=O)n2cc(-c3csc(-c4c[nH]c5c(Br)cccc45)n3)c3ccccc32)CC=CC=C1Br. The highest BCUT2D eigenvalue weighted by molar-refractivity contribution is 9.12. The third-order valence-corrected chi connectivity index (χ3v) is 11.9. The first kappa shape index (κ1) is 23.0. The number of nitrogens with one attached hydrogen (secondary N) is 1. The maximum Gasteiger partial charge on any atom is 0.249 e. The molecule has 0 radical (unpaired) electrons. The van der Waals surface area contributed by atoms with Crippen LogP contribution in [0.1, 0.15) is 13.3 Å². The minimum atomic E-state index is -3.78. The van der Waals surface area contributed by atoms with E-state index >= 15 is 0 Å². The van der Waals surface area contributed by atoms with E-state index in [4.69, 9.17) is 4.98 Å². The molecular weight excluding hydrogens is 610 g/mol. The molecule has 3 heterocycles. The third-order valence-electron chi connectivity index (χ3n) is 6.57. The van der Waals surface area contributed by atoms with Crippen molar-refractivity contribution >= 4 is 75.0 Å². The number of fused-ring (bicyclic) bond motifs is 2. The van der Waals surface area contributed by atoms with E-state index in [1.54, 1.807) is 30.5 Å². The van der Waals surface area contributed by atoms with Crippen molar-refractivity contribution in [2.24, 2.45) is 0 Å². The molecule has 1 atom stereocenters. The van der Waals surface area contributed by atoms with Crippen LogP contribution >= 0.6 is 43.2 Å². The van der Waals surface area contributed by atoms with Gasteiger partial charge in [-0.25, -0.2) is 17.4 Å². The monoisotopic (exact) mass is 627 g/mol. The molecule has 1 aliphatic carbocycles. The highest BCUT2D eigenvalue weighted by Crippen LogP contribution is 2.42. The summed E-state index contributed by atoms with van der Waals surface area (Å²) in [6.45, 7) is 1.76. The molecule has 9 heteroatoms. The zero-order chi connectivity index (χ0) is 24.4. The molecule has 2 aromatic carbocycles. The van der Waals surface area contributed by atoms with Gasteiger partial charge in [-0.15, -0.1) is 11.3 Å². The molecule has 0 fully saturated rings. The van der Waals surface area contributed by atoms with Crippen LogP contribution in [0.3, 0.4) is 0 Å². The Morgan fingerprint density at radius 3 is 2.71 bits per heavy atom. The number of aromatic amines is 1. The summed E-state index contributed by atoms with van der Waals surface area (Å²) in [6, 6.07) is 13.7. The van der Waals surface area contributed by atoms with Crippen LogP contribution in [0, 0.1) is 0 Å². The first-order chi connectivity index (χ1) is 16.8. The van der Waals surface area contributed by atoms with Gasteiger partial charge >= 0.3 is 0 Å². The number of allylic oxidation sites excluding steroid dienone is 3. The Kier molecular flexibility index (Phi) is 5.45. The molecular formula is C26H19Br2N3O2S2. The van der Waals surface area contributed by atoms with E-state index in [1.165, 1.54) is 3.97 Å². The first-order valence-corrected chi connectivity index (χ1v) is 14.8. The largest absolute Gasteiger partial charge is 0.360 e. The van der Waals surface area contributed by atoms with Gasteiger partial charge in [0.25, 0.3) is 0 Å². The fourth-order valence-corrected chi connectivity index (χ4v) is 8.51. The number of nitrogens with zero attached hydrogens (tertiary/aromatic N) is 2. The second-order valence-corrected chi connectivity index (χ2v) is 13.5. The van der Waals surface area contributed by atoms with Crippen molar-refractivity contribution in [1.82, 2.24) is 13.9 Å². The van der Waals surface area contributed by atoms with Crippen LogP contribution in [-0.2, 0) is 10.0 Å². The van der Waals surface area contributed by atoms with Gasteiger partial charge in [-0.05, 0) is 41.4 Å². The van der Waals surface area contributed by atoms with Gasteiger partial charge < -0.3 is 4.98 Å². The van der Waals surface area contributed by atoms with Crippen molar-refractivity contribution < 1.29 is 8.42 Å². The average Bonchev–Trinajstić information content (AvgIpc) is 3.57. The number of thiazole rings is 1. The quantitative estimate of drug-likeness (QED) is 0.220. The van der Waals surface area contributed by atoms with Crippen LogP contribution in [0.25, 0.3) is 43.6 Å². The van der Waals surface area contributed by atoms with E-state index in [2.05, 4.69) is 42.9 Å². The van der Waals surface area contributed by atoms with Gasteiger partial charge in [0.2, 0.25) is 10.0 Å². The van der Waals surface area contributed by atoms with E-state index in [-0.39, 0.29) is 0 Å². The third kappa shape index (κ3) is 3.43. The van der Waals surface area contributed by atoms with Crippen LogP contribution in [0.5, 0.6) is 0 Å². The highest BCUT2D eigenvalue weighted by Gasteiger charge is 2.43. The molecule has 0 bridgehead atoms. The number of hydrogen-bond acceptors (Lipinski definition) is 4. The Morgan fingerprint density at radius 2 is 1.89 bits per heavy atom. The van der Waals surface area contributed by atoms with Crippen LogP contribution in [-0.4, -0.2) is 27.1 Å². The van der Waals surface area contributed by atoms with Gasteiger partial charge in [-0.2, -0.15) is 0 Å². The Labute approximate surface area is 223 Å². The maximum absolute atomic E-state index is 14.0. The molecule has 5 aromatic rings. The molecule has 35 heavy (non-hydrogen) atoms. The van der Waals surface area contributed by atoms with Crippen LogP contribution in [0.4, 0.5) is 0 Å². The van der Waals surface area contributed by atoms with Crippen molar-refractivity contribution in [3.8, 4) is 21.8 Å². The molecule has 176 valence electrons. The molecule has 6 rings (SSSR count). The summed E-state index contributed by atoms with van der Waals surface area (Å²) < 4.78 is 29.9. The molecule has 0 spiro atoms. The molecule has 1 N–H and O–H groups in total. The first-order valence-electron chi connectivity index (χ1n) is 10.9. The van der Waals surface area contributed by atoms with Gasteiger partial charge in [0, 0.05) is 48.6 Å². The number of benzene rings is 2. The molecule has 5 nitrogen and oxygen atoms in total. The number of H-pyrrole nitrogens is 1. The molecule has 0 saturated heterocycles. The molecule has 0 saturated carbocycles. The Bertz CT molecular complexity index is 1790.